The molecule has 0 radical (unpaired) electrons. The quantitative estimate of drug-likeness (QED) is 0.257. The van der Waals surface area contributed by atoms with Crippen LogP contribution in [0.1, 0.15) is 115 Å². The van der Waals surface area contributed by atoms with Crippen LogP contribution in [0.5, 0.6) is 0 Å². The zero-order valence-corrected chi connectivity index (χ0v) is 20.6. The number of rotatable bonds is 14. The van der Waals surface area contributed by atoms with Gasteiger partial charge in [0.05, 0.1) is 11.4 Å². The van der Waals surface area contributed by atoms with Crippen molar-refractivity contribution < 1.29 is 0 Å². The fraction of sp³-hybridized carbons (Fsp3) is 0.630. The van der Waals surface area contributed by atoms with E-state index in [1.807, 2.05) is 12.4 Å². The third kappa shape index (κ3) is 5.33. The minimum atomic E-state index is 0.0710. The van der Waals surface area contributed by atoms with Crippen molar-refractivity contribution in [2.24, 2.45) is 0 Å². The number of pyridine rings is 2. The van der Waals surface area contributed by atoms with Crippen LogP contribution in [0, 0.1) is 0 Å². The summed E-state index contributed by atoms with van der Waals surface area (Å²) in [7, 11) is 0. The van der Waals surface area contributed by atoms with Gasteiger partial charge in [-0.3, -0.25) is 9.97 Å². The van der Waals surface area contributed by atoms with Gasteiger partial charge in [0.25, 0.3) is 0 Å². The first-order valence-corrected chi connectivity index (χ1v) is 13.1. The van der Waals surface area contributed by atoms with Gasteiger partial charge in [-0.25, -0.2) is 0 Å². The van der Waals surface area contributed by atoms with Crippen molar-refractivity contribution in [1.82, 2.24) is 9.97 Å². The molecule has 2 heterocycles. The minimum absolute atomic E-state index is 0.0710. The van der Waals surface area contributed by atoms with Gasteiger partial charge in [0.2, 0.25) is 0 Å². The van der Waals surface area contributed by atoms with Crippen LogP contribution in [-0.2, 0) is 5.41 Å². The number of hydrogen-bond donors (Lipinski definition) is 0. The van der Waals surface area contributed by atoms with Crippen LogP contribution >= 0.6 is 15.9 Å². The van der Waals surface area contributed by atoms with Crippen LogP contribution in [0.4, 0.5) is 0 Å². The summed E-state index contributed by atoms with van der Waals surface area (Å²) in [6, 6.07) is 6.57. The Morgan fingerprint density at radius 3 is 1.90 bits per heavy atom. The summed E-state index contributed by atoms with van der Waals surface area (Å²) in [6.45, 7) is 4.58. The van der Waals surface area contributed by atoms with Gasteiger partial charge in [0.15, 0.2) is 0 Å². The molecule has 1 aliphatic rings. The van der Waals surface area contributed by atoms with Crippen molar-refractivity contribution >= 4 is 15.9 Å². The van der Waals surface area contributed by atoms with Gasteiger partial charge in [-0.05, 0) is 30.5 Å². The second-order valence-corrected chi connectivity index (χ2v) is 9.89. The standard InChI is InChI=1S/C27H39BrN2/c1-3-5-7-9-11-13-18-27(19-14-12-10-8-6-4-2)22-16-15-20-29-25(22)26-24(27)23(28)17-21-30-26/h15-17,20-21H,3-14,18-19H2,1-2H3. The molecule has 0 fully saturated rings. The Balaban J connectivity index is 1.81. The highest BCUT2D eigenvalue weighted by atomic mass is 79.9. The Morgan fingerprint density at radius 1 is 0.700 bits per heavy atom. The Labute approximate surface area is 192 Å². The van der Waals surface area contributed by atoms with Crippen LogP contribution in [0.15, 0.2) is 35.1 Å². The summed E-state index contributed by atoms with van der Waals surface area (Å²) in [5.74, 6) is 0. The maximum Gasteiger partial charge on any atom is 0.0941 e. The molecule has 0 saturated heterocycles. The van der Waals surface area contributed by atoms with Crippen LogP contribution in [0.3, 0.4) is 0 Å². The first kappa shape index (κ1) is 23.4. The van der Waals surface area contributed by atoms with Crippen molar-refractivity contribution in [2.45, 2.75) is 109 Å². The molecule has 3 heteroatoms. The first-order chi connectivity index (χ1) is 14.7. The lowest BCUT2D eigenvalue weighted by atomic mass is 9.71. The van der Waals surface area contributed by atoms with Gasteiger partial charge >= 0.3 is 0 Å². The van der Waals surface area contributed by atoms with Crippen LogP contribution in [-0.4, -0.2) is 9.97 Å². The zero-order valence-electron chi connectivity index (χ0n) is 19.1. The molecular weight excluding hydrogens is 432 g/mol. The first-order valence-electron chi connectivity index (χ1n) is 12.4. The molecule has 0 unspecified atom stereocenters. The fourth-order valence-corrected chi connectivity index (χ4v) is 5.93. The smallest absolute Gasteiger partial charge is 0.0941 e. The fourth-order valence-electron chi connectivity index (χ4n) is 5.25. The molecular formula is C27H39BrN2. The summed E-state index contributed by atoms with van der Waals surface area (Å²) in [6.07, 6.45) is 22.4. The van der Waals surface area contributed by atoms with Crippen molar-refractivity contribution in [3.63, 3.8) is 0 Å². The Bertz CT molecular complexity index is 770. The molecule has 0 atom stereocenters. The number of fused-ring (bicyclic) bond motifs is 3. The third-order valence-corrected chi connectivity index (χ3v) is 7.50. The van der Waals surface area contributed by atoms with Crippen LogP contribution in [0.2, 0.25) is 0 Å². The van der Waals surface area contributed by atoms with E-state index < -0.39 is 0 Å². The number of unbranched alkanes of at least 4 members (excludes halogenated alkanes) is 10. The van der Waals surface area contributed by atoms with E-state index in [0.29, 0.717) is 0 Å². The molecule has 2 aromatic heterocycles. The average molecular weight is 472 g/mol. The van der Waals surface area contributed by atoms with E-state index in [1.54, 1.807) is 0 Å². The van der Waals surface area contributed by atoms with Gasteiger partial charge in [-0.2, -0.15) is 0 Å². The number of hydrogen-bond acceptors (Lipinski definition) is 2. The highest BCUT2D eigenvalue weighted by molar-refractivity contribution is 9.10. The van der Waals surface area contributed by atoms with Crippen molar-refractivity contribution in [2.75, 3.05) is 0 Å². The van der Waals surface area contributed by atoms with E-state index in [0.717, 1.165) is 11.4 Å². The molecule has 0 aliphatic heterocycles. The summed E-state index contributed by atoms with van der Waals surface area (Å²) >= 11 is 3.90. The van der Waals surface area contributed by atoms with Crippen LogP contribution in [0.25, 0.3) is 11.4 Å². The van der Waals surface area contributed by atoms with Gasteiger partial charge in [0.1, 0.15) is 0 Å². The van der Waals surface area contributed by atoms with E-state index in [2.05, 4.69) is 48.0 Å². The lowest BCUT2D eigenvalue weighted by Crippen LogP contribution is -2.26. The van der Waals surface area contributed by atoms with E-state index in [9.17, 15) is 0 Å². The second-order valence-electron chi connectivity index (χ2n) is 9.03. The molecule has 0 saturated carbocycles. The molecule has 0 spiro atoms. The summed E-state index contributed by atoms with van der Waals surface area (Å²) in [5.41, 5.74) is 5.12. The maximum atomic E-state index is 4.80. The van der Waals surface area contributed by atoms with E-state index >= 15 is 0 Å². The summed E-state index contributed by atoms with van der Waals surface area (Å²) < 4.78 is 1.21. The molecule has 3 rings (SSSR count). The molecule has 2 aromatic rings. The predicted molar refractivity (Wildman–Crippen MR) is 132 cm³/mol. The molecule has 30 heavy (non-hydrogen) atoms. The average Bonchev–Trinajstić information content (AvgIpc) is 3.05. The Kier molecular flexibility index (Phi) is 9.36. The third-order valence-electron chi connectivity index (χ3n) is 6.84. The molecule has 0 aromatic carbocycles. The van der Waals surface area contributed by atoms with Crippen molar-refractivity contribution in [3.05, 3.63) is 46.2 Å². The van der Waals surface area contributed by atoms with E-state index in [-0.39, 0.29) is 5.41 Å². The van der Waals surface area contributed by atoms with Gasteiger partial charge < -0.3 is 0 Å². The zero-order chi connectivity index (χ0) is 21.2. The second kappa shape index (κ2) is 12.0. The highest BCUT2D eigenvalue weighted by Crippen LogP contribution is 2.54. The lowest BCUT2D eigenvalue weighted by molar-refractivity contribution is 0.396. The lowest BCUT2D eigenvalue weighted by Gasteiger charge is -2.33. The molecule has 0 bridgehead atoms. The predicted octanol–water partition coefficient (Wildman–Crippen LogP) is 9.01. The number of aromatic nitrogens is 2. The topological polar surface area (TPSA) is 25.8 Å². The summed E-state index contributed by atoms with van der Waals surface area (Å²) in [4.78, 5) is 9.59. The van der Waals surface area contributed by atoms with Crippen LogP contribution < -0.4 is 0 Å². The number of nitrogens with zero attached hydrogens (tertiary/aromatic N) is 2. The Hall–Kier alpha value is -1.22. The Morgan fingerprint density at radius 2 is 1.27 bits per heavy atom. The minimum Gasteiger partial charge on any atom is -0.254 e. The van der Waals surface area contributed by atoms with Crippen molar-refractivity contribution in [3.8, 4) is 11.4 Å². The molecule has 2 nitrogen and oxygen atoms in total. The van der Waals surface area contributed by atoms with Gasteiger partial charge in [-0.15, -0.1) is 0 Å². The molecule has 164 valence electrons. The largest absolute Gasteiger partial charge is 0.254 e. The highest BCUT2D eigenvalue weighted by Gasteiger charge is 2.45. The van der Waals surface area contributed by atoms with Gasteiger partial charge in [0, 0.05) is 27.8 Å². The van der Waals surface area contributed by atoms with Gasteiger partial charge in [-0.1, -0.05) is 113 Å². The molecule has 1 aliphatic carbocycles. The van der Waals surface area contributed by atoms with E-state index in [1.165, 1.54) is 105 Å². The molecule has 0 amide bonds. The van der Waals surface area contributed by atoms with E-state index in [4.69, 9.17) is 9.97 Å². The molecule has 0 N–H and O–H groups in total. The normalized spacial score (nSPS) is 14.0. The summed E-state index contributed by atoms with van der Waals surface area (Å²) in [5, 5.41) is 0. The maximum absolute atomic E-state index is 4.80. The number of halogens is 1. The van der Waals surface area contributed by atoms with Crippen molar-refractivity contribution in [1.29, 1.82) is 0 Å². The SMILES string of the molecule is CCCCCCCCC1(CCCCCCCC)c2cccnc2-c2nccc(Br)c21. The monoisotopic (exact) mass is 470 g/mol.